The van der Waals surface area contributed by atoms with E-state index in [1.807, 2.05) is 0 Å². The lowest BCUT2D eigenvalue weighted by Crippen LogP contribution is -2.31. The number of hydrogen-bond acceptors (Lipinski definition) is 5. The highest BCUT2D eigenvalue weighted by atomic mass is 35.5. The summed E-state index contributed by atoms with van der Waals surface area (Å²) in [6.45, 7) is 0.637. The smallest absolute Gasteiger partial charge is 0.148 e. The van der Waals surface area contributed by atoms with Gasteiger partial charge in [0, 0.05) is 0 Å². The van der Waals surface area contributed by atoms with E-state index in [0.717, 1.165) is 0 Å². The third-order valence-electron chi connectivity index (χ3n) is 3.59. The van der Waals surface area contributed by atoms with Crippen LogP contribution in [0.25, 0.3) is 0 Å². The van der Waals surface area contributed by atoms with Gasteiger partial charge in [0.15, 0.2) is 0 Å². The van der Waals surface area contributed by atoms with Crippen molar-refractivity contribution in [2.75, 3.05) is 28.7 Å². The normalized spacial score (nSPS) is 15.7. The molecule has 0 saturated heterocycles. The number of rotatable bonds is 3. The average molecular weight is 384 g/mol. The molecule has 0 radical (unpaired) electrons. The van der Waals surface area contributed by atoms with Crippen molar-refractivity contribution >= 4 is 40.4 Å². The van der Waals surface area contributed by atoms with Crippen LogP contribution in [0.1, 0.15) is 0 Å². The van der Waals surface area contributed by atoms with Gasteiger partial charge in [0.05, 0.1) is 17.9 Å². The molecule has 3 N–H and O–H groups in total. The van der Waals surface area contributed by atoms with E-state index >= 15 is 0 Å². The Hall–Kier alpha value is -1.95. The lowest BCUT2D eigenvalue weighted by Gasteiger charge is -2.43. The standard InChI is InChI=1S/C17H18FN3O2S.ClH/c1-19-12-6-7-13-20-16-10-4-5-11-17(16)21(24(20,22)23)15-9-3-2-8-14(15)18;/h2-5,8-11,19,22-23H,12-13H2,1H3;1H. The highest BCUT2D eigenvalue weighted by molar-refractivity contribution is 8.27. The summed E-state index contributed by atoms with van der Waals surface area (Å²) >= 11 is 0. The Morgan fingerprint density at radius 3 is 2.24 bits per heavy atom. The predicted octanol–water partition coefficient (Wildman–Crippen LogP) is 4.01. The number of para-hydroxylation sites is 3. The number of halogens is 2. The summed E-state index contributed by atoms with van der Waals surface area (Å²) in [5.74, 6) is 5.28. The van der Waals surface area contributed by atoms with Crippen molar-refractivity contribution in [2.45, 2.75) is 0 Å². The Balaban J connectivity index is 0.00000225. The van der Waals surface area contributed by atoms with Crippen LogP contribution in [0.4, 0.5) is 21.5 Å². The zero-order chi connectivity index (χ0) is 17.2. The molecule has 0 bridgehead atoms. The van der Waals surface area contributed by atoms with Crippen LogP contribution in [0.2, 0.25) is 0 Å². The maximum atomic E-state index is 14.3. The van der Waals surface area contributed by atoms with Gasteiger partial charge in [-0.05, 0) is 42.3 Å². The van der Waals surface area contributed by atoms with Crippen LogP contribution in [0, 0.1) is 17.7 Å². The molecular formula is C17H19ClFN3O2S. The Kier molecular flexibility index (Phi) is 6.16. The number of fused-ring (bicyclic) bond motifs is 1. The van der Waals surface area contributed by atoms with E-state index in [-0.39, 0.29) is 24.6 Å². The van der Waals surface area contributed by atoms with Gasteiger partial charge in [-0.2, -0.15) is 0 Å². The van der Waals surface area contributed by atoms with E-state index in [9.17, 15) is 13.5 Å². The average Bonchev–Trinajstić information content (AvgIpc) is 2.79. The van der Waals surface area contributed by atoms with Crippen LogP contribution < -0.4 is 13.9 Å². The van der Waals surface area contributed by atoms with Gasteiger partial charge >= 0.3 is 0 Å². The van der Waals surface area contributed by atoms with Crippen LogP contribution >= 0.6 is 23.4 Å². The summed E-state index contributed by atoms with van der Waals surface area (Å²) < 4.78 is 38.5. The van der Waals surface area contributed by atoms with Gasteiger partial charge in [-0.1, -0.05) is 36.1 Å². The molecule has 1 aliphatic heterocycles. The van der Waals surface area contributed by atoms with Gasteiger partial charge in [-0.3, -0.25) is 9.11 Å². The molecule has 1 aliphatic rings. The molecule has 0 amide bonds. The first-order valence-electron chi connectivity index (χ1n) is 7.37. The number of benzene rings is 2. The summed E-state index contributed by atoms with van der Waals surface area (Å²) in [6, 6.07) is 13.1. The molecule has 1 heterocycles. The molecule has 5 nitrogen and oxygen atoms in total. The van der Waals surface area contributed by atoms with E-state index < -0.39 is 16.8 Å². The molecule has 3 rings (SSSR count). The van der Waals surface area contributed by atoms with Crippen LogP contribution in [-0.4, -0.2) is 29.2 Å². The number of hydrogen-bond donors (Lipinski definition) is 3. The monoisotopic (exact) mass is 383 g/mol. The van der Waals surface area contributed by atoms with Crippen molar-refractivity contribution in [3.05, 3.63) is 54.3 Å². The Morgan fingerprint density at radius 2 is 1.60 bits per heavy atom. The second kappa shape index (κ2) is 7.95. The maximum absolute atomic E-state index is 14.3. The minimum Gasteiger partial charge on any atom is -0.309 e. The molecule has 25 heavy (non-hydrogen) atoms. The van der Waals surface area contributed by atoms with Gasteiger partial charge in [-0.25, -0.2) is 13.0 Å². The molecule has 0 saturated carbocycles. The van der Waals surface area contributed by atoms with Crippen LogP contribution in [-0.2, 0) is 0 Å². The van der Waals surface area contributed by atoms with Crippen LogP contribution in [0.15, 0.2) is 48.5 Å². The van der Waals surface area contributed by atoms with Gasteiger partial charge in [0.1, 0.15) is 18.0 Å². The molecular weight excluding hydrogens is 365 g/mol. The second-order valence-corrected chi connectivity index (χ2v) is 6.93. The van der Waals surface area contributed by atoms with Crippen LogP contribution in [0.3, 0.4) is 0 Å². The summed E-state index contributed by atoms with van der Waals surface area (Å²) in [5.41, 5.74) is 1.27. The quantitative estimate of drug-likeness (QED) is 0.699. The molecule has 0 atom stereocenters. The lowest BCUT2D eigenvalue weighted by atomic mass is 10.2. The first-order chi connectivity index (χ1) is 11.6. The Morgan fingerprint density at radius 1 is 1.00 bits per heavy atom. The topological polar surface area (TPSA) is 59.0 Å². The molecule has 0 aromatic heterocycles. The minimum atomic E-state index is -3.45. The van der Waals surface area contributed by atoms with Gasteiger partial charge in [0.25, 0.3) is 0 Å². The fourth-order valence-electron chi connectivity index (χ4n) is 2.54. The van der Waals surface area contributed by atoms with E-state index in [1.54, 1.807) is 43.4 Å². The molecule has 134 valence electrons. The fourth-order valence-corrected chi connectivity index (χ4v) is 4.22. The first kappa shape index (κ1) is 19.4. The molecule has 0 aliphatic carbocycles. The zero-order valence-electron chi connectivity index (χ0n) is 13.5. The third-order valence-corrected chi connectivity index (χ3v) is 5.39. The third kappa shape index (κ3) is 3.54. The van der Waals surface area contributed by atoms with Crippen LogP contribution in [0.5, 0.6) is 0 Å². The lowest BCUT2D eigenvalue weighted by molar-refractivity contribution is 0.485. The number of nitrogens with zero attached hydrogens (tertiary/aromatic N) is 2. The van der Waals surface area contributed by atoms with Crippen molar-refractivity contribution in [1.29, 1.82) is 0 Å². The Bertz CT molecular complexity index is 810. The van der Waals surface area contributed by atoms with Crippen molar-refractivity contribution < 1.29 is 13.5 Å². The first-order valence-corrected chi connectivity index (χ1v) is 8.83. The minimum absolute atomic E-state index is 0. The summed E-state index contributed by atoms with van der Waals surface area (Å²) in [6.07, 6.45) is 0. The molecule has 0 spiro atoms. The SMILES string of the molecule is CNCC#CCN1c2ccccc2N(c2ccccc2F)S1(O)O.Cl. The van der Waals surface area contributed by atoms with E-state index in [1.165, 1.54) is 20.7 Å². The van der Waals surface area contributed by atoms with E-state index in [0.29, 0.717) is 17.9 Å². The summed E-state index contributed by atoms with van der Waals surface area (Å²) in [5, 5.41) is 2.90. The van der Waals surface area contributed by atoms with E-state index in [4.69, 9.17) is 0 Å². The molecule has 2 aromatic rings. The highest BCUT2D eigenvalue weighted by Crippen LogP contribution is 2.64. The van der Waals surface area contributed by atoms with Crippen molar-refractivity contribution in [2.24, 2.45) is 0 Å². The van der Waals surface area contributed by atoms with Gasteiger partial charge < -0.3 is 5.32 Å². The summed E-state index contributed by atoms with van der Waals surface area (Å²) in [7, 11) is -1.66. The zero-order valence-corrected chi connectivity index (χ0v) is 15.1. The predicted molar refractivity (Wildman–Crippen MR) is 104 cm³/mol. The van der Waals surface area contributed by atoms with Crippen molar-refractivity contribution in [3.63, 3.8) is 0 Å². The molecule has 2 aromatic carbocycles. The fraction of sp³-hybridized carbons (Fsp3) is 0.176. The Labute approximate surface area is 154 Å². The molecule has 0 unspecified atom stereocenters. The van der Waals surface area contributed by atoms with Gasteiger partial charge in [0.2, 0.25) is 0 Å². The van der Waals surface area contributed by atoms with Gasteiger partial charge in [-0.15, -0.1) is 12.4 Å². The largest absolute Gasteiger partial charge is 0.309 e. The maximum Gasteiger partial charge on any atom is 0.148 e. The van der Waals surface area contributed by atoms with Crippen molar-refractivity contribution in [1.82, 2.24) is 5.32 Å². The highest BCUT2D eigenvalue weighted by Gasteiger charge is 2.42. The number of anilines is 3. The summed E-state index contributed by atoms with van der Waals surface area (Å²) in [4.78, 5) is 0. The van der Waals surface area contributed by atoms with Crippen molar-refractivity contribution in [3.8, 4) is 11.8 Å². The number of nitrogens with one attached hydrogen (secondary N) is 1. The molecule has 8 heteroatoms. The molecule has 0 fully saturated rings. The second-order valence-electron chi connectivity index (χ2n) is 5.14. The van der Waals surface area contributed by atoms with E-state index in [2.05, 4.69) is 17.2 Å².